The van der Waals surface area contributed by atoms with Gasteiger partial charge < -0.3 is 9.80 Å². The van der Waals surface area contributed by atoms with Gasteiger partial charge >= 0.3 is 0 Å². The minimum absolute atomic E-state index is 0.0207. The van der Waals surface area contributed by atoms with Gasteiger partial charge in [-0.2, -0.15) is 5.10 Å². The zero-order valence-corrected chi connectivity index (χ0v) is 16.2. The van der Waals surface area contributed by atoms with Gasteiger partial charge in [0, 0.05) is 43.5 Å². The number of carbonyl (C=O) groups excluding carboxylic acids is 2. The maximum absolute atomic E-state index is 12.9. The summed E-state index contributed by atoms with van der Waals surface area (Å²) in [5, 5.41) is 4.74. The molecule has 0 saturated carbocycles. The van der Waals surface area contributed by atoms with Crippen LogP contribution < -0.4 is 4.90 Å². The van der Waals surface area contributed by atoms with E-state index in [9.17, 15) is 9.59 Å². The molecule has 1 spiro atoms. The number of amides is 2. The van der Waals surface area contributed by atoms with Crippen LogP contribution in [-0.4, -0.2) is 70.2 Å². The second-order valence-electron chi connectivity index (χ2n) is 7.42. The summed E-state index contributed by atoms with van der Waals surface area (Å²) >= 11 is 6.03. The Morgan fingerprint density at radius 2 is 2.07 bits per heavy atom. The van der Waals surface area contributed by atoms with E-state index in [1.807, 2.05) is 25.2 Å². The second kappa shape index (κ2) is 6.65. The number of likely N-dealkylation sites (N-methyl/N-ethyl adjacent to an activating group) is 1. The highest BCUT2D eigenvalue weighted by atomic mass is 35.5. The van der Waals surface area contributed by atoms with Crippen molar-refractivity contribution in [1.82, 2.24) is 19.6 Å². The van der Waals surface area contributed by atoms with E-state index in [1.54, 1.807) is 40.0 Å². The Morgan fingerprint density at radius 3 is 2.78 bits per heavy atom. The molecule has 4 rings (SSSR count). The SMILES string of the molecule is CN1CC(=O)N(c2cnn(C)c2)C[C@]12CCN(C(=O)c1cccc(Cl)c1)C2. The van der Waals surface area contributed by atoms with Gasteiger partial charge in [-0.15, -0.1) is 0 Å². The molecule has 1 aromatic carbocycles. The highest BCUT2D eigenvalue weighted by molar-refractivity contribution is 6.30. The van der Waals surface area contributed by atoms with Crippen molar-refractivity contribution in [3.8, 4) is 0 Å². The van der Waals surface area contributed by atoms with Crippen molar-refractivity contribution in [2.75, 3.05) is 38.1 Å². The summed E-state index contributed by atoms with van der Waals surface area (Å²) in [6.45, 7) is 2.12. The highest BCUT2D eigenvalue weighted by Crippen LogP contribution is 2.34. The molecule has 0 unspecified atom stereocenters. The first-order valence-electron chi connectivity index (χ1n) is 8.93. The number of hydrogen-bond donors (Lipinski definition) is 0. The molecule has 1 atom stereocenters. The Bertz CT molecular complexity index is 898. The van der Waals surface area contributed by atoms with Gasteiger partial charge in [0.2, 0.25) is 5.91 Å². The Hall–Kier alpha value is -2.38. The van der Waals surface area contributed by atoms with Crippen molar-refractivity contribution in [3.63, 3.8) is 0 Å². The van der Waals surface area contributed by atoms with Crippen LogP contribution >= 0.6 is 11.6 Å². The minimum Gasteiger partial charge on any atom is -0.337 e. The monoisotopic (exact) mass is 387 g/mol. The summed E-state index contributed by atoms with van der Waals surface area (Å²) in [6.07, 6.45) is 4.38. The Morgan fingerprint density at radius 1 is 1.26 bits per heavy atom. The van der Waals surface area contributed by atoms with E-state index >= 15 is 0 Å². The average molecular weight is 388 g/mol. The predicted octanol–water partition coefficient (Wildman–Crippen LogP) is 1.64. The van der Waals surface area contributed by atoms with Crippen molar-refractivity contribution in [3.05, 3.63) is 47.2 Å². The van der Waals surface area contributed by atoms with Crippen LogP contribution in [0.2, 0.25) is 5.02 Å². The molecule has 0 N–H and O–H groups in total. The van der Waals surface area contributed by atoms with Crippen molar-refractivity contribution < 1.29 is 9.59 Å². The number of carbonyl (C=O) groups is 2. The van der Waals surface area contributed by atoms with Gasteiger partial charge in [-0.25, -0.2) is 0 Å². The molecule has 2 amide bonds. The Labute approximate surface area is 163 Å². The number of hydrogen-bond acceptors (Lipinski definition) is 4. The lowest BCUT2D eigenvalue weighted by molar-refractivity contribution is -0.123. The standard InChI is InChI=1S/C19H22ClN5O2/c1-22-11-17(26)25(16-9-21-23(2)10-16)13-19(22)6-7-24(12-19)18(27)14-4-3-5-15(20)8-14/h3-5,8-10H,6-7,11-13H2,1-2H3/t19-/m1/s1. The fourth-order valence-corrected chi connectivity index (χ4v) is 4.21. The zero-order valence-electron chi connectivity index (χ0n) is 15.4. The Kier molecular flexibility index (Phi) is 4.44. The van der Waals surface area contributed by atoms with Gasteiger partial charge in [-0.05, 0) is 31.7 Å². The van der Waals surface area contributed by atoms with Crippen molar-refractivity contribution in [2.24, 2.45) is 7.05 Å². The number of benzene rings is 1. The third-order valence-electron chi connectivity index (χ3n) is 5.63. The molecular weight excluding hydrogens is 366 g/mol. The second-order valence-corrected chi connectivity index (χ2v) is 7.86. The van der Waals surface area contributed by atoms with Crippen LogP contribution in [0.4, 0.5) is 5.69 Å². The first-order chi connectivity index (χ1) is 12.9. The Balaban J connectivity index is 1.56. The molecule has 8 heteroatoms. The maximum atomic E-state index is 12.9. The van der Waals surface area contributed by atoms with E-state index < -0.39 is 0 Å². The number of aromatic nitrogens is 2. The van der Waals surface area contributed by atoms with Gasteiger partial charge in [0.15, 0.2) is 0 Å². The van der Waals surface area contributed by atoms with Crippen LogP contribution in [0.1, 0.15) is 16.8 Å². The lowest BCUT2D eigenvalue weighted by Crippen LogP contribution is -2.64. The highest BCUT2D eigenvalue weighted by Gasteiger charge is 2.48. The molecule has 3 heterocycles. The first kappa shape index (κ1) is 18.0. The van der Waals surface area contributed by atoms with Crippen LogP contribution in [0.15, 0.2) is 36.7 Å². The molecule has 2 aromatic rings. The third-order valence-corrected chi connectivity index (χ3v) is 5.86. The minimum atomic E-state index is -0.252. The third kappa shape index (κ3) is 3.21. The van der Waals surface area contributed by atoms with E-state index in [0.717, 1.165) is 12.1 Å². The molecule has 2 aliphatic heterocycles. The molecule has 1 aromatic heterocycles. The van der Waals surface area contributed by atoms with Gasteiger partial charge in [0.1, 0.15) is 0 Å². The molecule has 0 bridgehead atoms. The topological polar surface area (TPSA) is 61.7 Å². The smallest absolute Gasteiger partial charge is 0.253 e. The molecule has 27 heavy (non-hydrogen) atoms. The number of anilines is 1. The van der Waals surface area contributed by atoms with Gasteiger partial charge in [0.25, 0.3) is 5.91 Å². The molecule has 142 valence electrons. The number of halogens is 1. The van der Waals surface area contributed by atoms with E-state index in [0.29, 0.717) is 36.8 Å². The lowest BCUT2D eigenvalue weighted by Gasteiger charge is -2.46. The zero-order chi connectivity index (χ0) is 19.2. The first-order valence-corrected chi connectivity index (χ1v) is 9.31. The van der Waals surface area contributed by atoms with Crippen LogP contribution in [0.3, 0.4) is 0 Å². The number of rotatable bonds is 2. The summed E-state index contributed by atoms with van der Waals surface area (Å²) in [6, 6.07) is 7.03. The summed E-state index contributed by atoms with van der Waals surface area (Å²) in [5.41, 5.74) is 1.14. The van der Waals surface area contributed by atoms with Crippen molar-refractivity contribution in [2.45, 2.75) is 12.0 Å². The van der Waals surface area contributed by atoms with Crippen LogP contribution in [0, 0.1) is 0 Å². The van der Waals surface area contributed by atoms with E-state index in [-0.39, 0.29) is 17.4 Å². The fourth-order valence-electron chi connectivity index (χ4n) is 4.02. The largest absolute Gasteiger partial charge is 0.337 e. The van der Waals surface area contributed by atoms with Crippen molar-refractivity contribution in [1.29, 1.82) is 0 Å². The van der Waals surface area contributed by atoms with Gasteiger partial charge in [0.05, 0.1) is 24.0 Å². The van der Waals surface area contributed by atoms with E-state index in [2.05, 4.69) is 10.00 Å². The molecule has 7 nitrogen and oxygen atoms in total. The molecule has 2 aliphatic rings. The lowest BCUT2D eigenvalue weighted by atomic mass is 9.93. The molecule has 2 fully saturated rings. The average Bonchev–Trinajstić information content (AvgIpc) is 3.25. The van der Waals surface area contributed by atoms with Crippen LogP contribution in [0.25, 0.3) is 0 Å². The predicted molar refractivity (Wildman–Crippen MR) is 103 cm³/mol. The van der Waals surface area contributed by atoms with E-state index in [4.69, 9.17) is 11.6 Å². The summed E-state index contributed by atoms with van der Waals surface area (Å²) in [7, 11) is 3.80. The number of piperazine rings is 1. The number of nitrogens with zero attached hydrogens (tertiary/aromatic N) is 5. The molecule has 0 radical (unpaired) electrons. The molecule has 2 saturated heterocycles. The van der Waals surface area contributed by atoms with Crippen LogP contribution in [-0.2, 0) is 11.8 Å². The van der Waals surface area contributed by atoms with Gasteiger partial charge in [-0.3, -0.25) is 19.2 Å². The van der Waals surface area contributed by atoms with Crippen molar-refractivity contribution >= 4 is 29.1 Å². The maximum Gasteiger partial charge on any atom is 0.253 e. The summed E-state index contributed by atoms with van der Waals surface area (Å²) < 4.78 is 1.69. The molecular formula is C19H22ClN5O2. The summed E-state index contributed by atoms with van der Waals surface area (Å²) in [5.74, 6) is 0.0309. The molecule has 0 aliphatic carbocycles. The number of likely N-dealkylation sites (tertiary alicyclic amines) is 1. The fraction of sp³-hybridized carbons (Fsp3) is 0.421. The van der Waals surface area contributed by atoms with Gasteiger partial charge in [-0.1, -0.05) is 17.7 Å². The van der Waals surface area contributed by atoms with E-state index in [1.165, 1.54) is 0 Å². The number of aryl methyl sites for hydroxylation is 1. The summed E-state index contributed by atoms with van der Waals surface area (Å²) in [4.78, 5) is 31.2. The normalized spacial score (nSPS) is 23.4. The van der Waals surface area contributed by atoms with Crippen LogP contribution in [0.5, 0.6) is 0 Å². The quantitative estimate of drug-likeness (QED) is 0.786.